The Kier molecular flexibility index (Phi) is 2.50. The van der Waals surface area contributed by atoms with Crippen molar-refractivity contribution in [3.05, 3.63) is 0 Å². The molecule has 72 valence electrons. The van der Waals surface area contributed by atoms with Gasteiger partial charge in [-0.15, -0.1) is 0 Å². The molecule has 1 saturated carbocycles. The second-order valence-electron chi connectivity index (χ2n) is 3.57. The molecule has 0 amide bonds. The van der Waals surface area contributed by atoms with Crippen LogP contribution in [-0.2, 0) is 14.4 Å². The van der Waals surface area contributed by atoms with E-state index in [-0.39, 0.29) is 37.2 Å². The summed E-state index contributed by atoms with van der Waals surface area (Å²) in [5, 5.41) is 8.44. The van der Waals surface area contributed by atoms with E-state index in [9.17, 15) is 14.4 Å². The van der Waals surface area contributed by atoms with Crippen molar-refractivity contribution in [1.29, 1.82) is 0 Å². The van der Waals surface area contributed by atoms with E-state index in [4.69, 9.17) is 5.11 Å². The molecule has 4 heteroatoms. The molecule has 4 nitrogen and oxygen atoms in total. The fourth-order valence-electron chi connectivity index (χ4n) is 1.57. The highest BCUT2D eigenvalue weighted by atomic mass is 16.4. The third-order valence-corrected chi connectivity index (χ3v) is 2.65. The van der Waals surface area contributed by atoms with Crippen LogP contribution in [-0.4, -0.2) is 22.6 Å². The van der Waals surface area contributed by atoms with Crippen molar-refractivity contribution in [2.45, 2.75) is 32.6 Å². The average Bonchev–Trinajstić information content (AvgIpc) is 2.31. The maximum absolute atomic E-state index is 11.3. The average molecular weight is 184 g/mol. The van der Waals surface area contributed by atoms with Crippen molar-refractivity contribution in [3.8, 4) is 0 Å². The molecule has 0 atom stereocenters. The van der Waals surface area contributed by atoms with Gasteiger partial charge in [-0.3, -0.25) is 14.4 Å². The molecule has 0 saturated heterocycles. The van der Waals surface area contributed by atoms with Gasteiger partial charge < -0.3 is 5.11 Å². The first-order valence-corrected chi connectivity index (χ1v) is 4.25. The molecule has 0 radical (unpaired) electrons. The lowest BCUT2D eigenvalue weighted by Gasteiger charge is -2.18. The Bertz CT molecular complexity index is 251. The summed E-state index contributed by atoms with van der Waals surface area (Å²) in [6.45, 7) is 1.55. The third kappa shape index (κ3) is 1.76. The van der Waals surface area contributed by atoms with Gasteiger partial charge in [-0.1, -0.05) is 0 Å². The van der Waals surface area contributed by atoms with E-state index in [2.05, 4.69) is 0 Å². The van der Waals surface area contributed by atoms with Crippen LogP contribution in [0.5, 0.6) is 0 Å². The van der Waals surface area contributed by atoms with Crippen molar-refractivity contribution in [3.63, 3.8) is 0 Å². The number of ketones is 2. The van der Waals surface area contributed by atoms with Crippen molar-refractivity contribution >= 4 is 17.5 Å². The number of Topliss-reactive ketones (excluding diaryl/α,β-unsaturated/α-hetero) is 2. The summed E-state index contributed by atoms with van der Waals surface area (Å²) in [6, 6.07) is 0. The van der Waals surface area contributed by atoms with Crippen LogP contribution in [0.3, 0.4) is 0 Å². The van der Waals surface area contributed by atoms with E-state index in [0.717, 1.165) is 0 Å². The van der Waals surface area contributed by atoms with Gasteiger partial charge in [-0.2, -0.15) is 0 Å². The van der Waals surface area contributed by atoms with Crippen LogP contribution in [0.1, 0.15) is 32.6 Å². The largest absolute Gasteiger partial charge is 0.481 e. The molecule has 1 aliphatic rings. The summed E-state index contributed by atoms with van der Waals surface area (Å²) in [5.41, 5.74) is -1.02. The van der Waals surface area contributed by atoms with Crippen molar-refractivity contribution < 1.29 is 19.5 Å². The number of hydrogen-bond acceptors (Lipinski definition) is 3. The smallest absolute Gasteiger partial charge is 0.303 e. The number of carbonyl (C=O) groups excluding carboxylic acids is 2. The molecule has 0 aromatic carbocycles. The minimum absolute atomic E-state index is 0.112. The Balaban J connectivity index is 2.68. The van der Waals surface area contributed by atoms with E-state index >= 15 is 0 Å². The van der Waals surface area contributed by atoms with Crippen LogP contribution in [0.15, 0.2) is 0 Å². The number of aliphatic carboxylic acids is 1. The van der Waals surface area contributed by atoms with Crippen LogP contribution >= 0.6 is 0 Å². The number of carboxylic acids is 1. The highest BCUT2D eigenvalue weighted by molar-refractivity contribution is 6.12. The van der Waals surface area contributed by atoms with E-state index < -0.39 is 11.4 Å². The standard InChI is InChI=1S/C9H12O4/c1-9(5-4-8(12)13)6(10)2-3-7(9)11/h2-5H2,1H3,(H,12,13). The topological polar surface area (TPSA) is 71.4 Å². The number of hydrogen-bond donors (Lipinski definition) is 1. The lowest BCUT2D eigenvalue weighted by Crippen LogP contribution is -2.29. The Morgan fingerprint density at radius 1 is 1.38 bits per heavy atom. The van der Waals surface area contributed by atoms with Gasteiger partial charge in [-0.25, -0.2) is 0 Å². The highest BCUT2D eigenvalue weighted by Gasteiger charge is 2.44. The summed E-state index contributed by atoms with van der Waals surface area (Å²) < 4.78 is 0. The molecular formula is C9H12O4. The van der Waals surface area contributed by atoms with Gasteiger partial charge in [0.15, 0.2) is 0 Å². The Morgan fingerprint density at radius 3 is 2.23 bits per heavy atom. The normalized spacial score (nSPS) is 20.7. The van der Waals surface area contributed by atoms with Gasteiger partial charge in [0.25, 0.3) is 0 Å². The molecular weight excluding hydrogens is 172 g/mol. The Hall–Kier alpha value is -1.19. The molecule has 0 bridgehead atoms. The van der Waals surface area contributed by atoms with E-state index in [1.807, 2.05) is 0 Å². The molecule has 0 aromatic rings. The first-order chi connectivity index (χ1) is 5.97. The fourth-order valence-corrected chi connectivity index (χ4v) is 1.57. The van der Waals surface area contributed by atoms with Crippen molar-refractivity contribution in [2.75, 3.05) is 0 Å². The van der Waals surface area contributed by atoms with E-state index in [1.165, 1.54) is 0 Å². The Morgan fingerprint density at radius 2 is 1.85 bits per heavy atom. The molecule has 1 fully saturated rings. The van der Waals surface area contributed by atoms with E-state index in [1.54, 1.807) is 6.92 Å². The van der Waals surface area contributed by atoms with Crippen molar-refractivity contribution in [1.82, 2.24) is 0 Å². The molecule has 0 aliphatic heterocycles. The van der Waals surface area contributed by atoms with Crippen LogP contribution in [0.2, 0.25) is 0 Å². The summed E-state index contributed by atoms with van der Waals surface area (Å²) in [7, 11) is 0. The molecule has 13 heavy (non-hydrogen) atoms. The lowest BCUT2D eigenvalue weighted by atomic mass is 9.82. The van der Waals surface area contributed by atoms with Crippen LogP contribution in [0.25, 0.3) is 0 Å². The highest BCUT2D eigenvalue weighted by Crippen LogP contribution is 2.35. The second-order valence-corrected chi connectivity index (χ2v) is 3.57. The van der Waals surface area contributed by atoms with Gasteiger partial charge in [0, 0.05) is 19.3 Å². The quantitative estimate of drug-likeness (QED) is 0.658. The molecule has 0 heterocycles. The summed E-state index contributed by atoms with van der Waals surface area (Å²) in [4.78, 5) is 32.9. The third-order valence-electron chi connectivity index (χ3n) is 2.65. The zero-order valence-corrected chi connectivity index (χ0v) is 7.50. The molecule has 1 aliphatic carbocycles. The first-order valence-electron chi connectivity index (χ1n) is 4.25. The number of carboxylic acid groups (broad SMARTS) is 1. The minimum atomic E-state index is -1.02. The van der Waals surface area contributed by atoms with Crippen LogP contribution in [0, 0.1) is 5.41 Å². The van der Waals surface area contributed by atoms with Gasteiger partial charge in [0.2, 0.25) is 0 Å². The lowest BCUT2D eigenvalue weighted by molar-refractivity contribution is -0.139. The Labute approximate surface area is 75.9 Å². The minimum Gasteiger partial charge on any atom is -0.481 e. The molecule has 1 N–H and O–H groups in total. The zero-order chi connectivity index (χ0) is 10.1. The molecule has 0 spiro atoms. The summed E-state index contributed by atoms with van der Waals surface area (Å²) >= 11 is 0. The van der Waals surface area contributed by atoms with Crippen LogP contribution < -0.4 is 0 Å². The predicted octanol–water partition coefficient (Wildman–Crippen LogP) is 0.789. The van der Waals surface area contributed by atoms with Gasteiger partial charge in [-0.05, 0) is 13.3 Å². The first kappa shape index (κ1) is 9.89. The summed E-state index contributed by atoms with van der Waals surface area (Å²) in [6.07, 6.45) is 0.567. The fraction of sp³-hybridized carbons (Fsp3) is 0.667. The van der Waals surface area contributed by atoms with E-state index in [0.29, 0.717) is 0 Å². The SMILES string of the molecule is CC1(CCC(=O)O)C(=O)CCC1=O. The zero-order valence-electron chi connectivity index (χ0n) is 7.50. The van der Waals surface area contributed by atoms with Gasteiger partial charge in [0.1, 0.15) is 11.6 Å². The van der Waals surface area contributed by atoms with Gasteiger partial charge in [0.05, 0.1) is 5.41 Å². The van der Waals surface area contributed by atoms with Crippen molar-refractivity contribution in [2.24, 2.45) is 5.41 Å². The molecule has 1 rings (SSSR count). The monoisotopic (exact) mass is 184 g/mol. The maximum atomic E-state index is 11.3. The summed E-state index contributed by atoms with van der Waals surface area (Å²) in [5.74, 6) is -1.19. The number of carbonyl (C=O) groups is 3. The molecule has 0 aromatic heterocycles. The van der Waals surface area contributed by atoms with Crippen LogP contribution in [0.4, 0.5) is 0 Å². The number of rotatable bonds is 3. The maximum Gasteiger partial charge on any atom is 0.303 e. The molecule has 0 unspecified atom stereocenters. The second kappa shape index (κ2) is 3.28. The predicted molar refractivity (Wildman–Crippen MR) is 44.2 cm³/mol. The van der Waals surface area contributed by atoms with Gasteiger partial charge >= 0.3 is 5.97 Å².